The summed E-state index contributed by atoms with van der Waals surface area (Å²) in [6.45, 7) is 19.3. The minimum Gasteiger partial charge on any atom is -0.299 e. The maximum absolute atomic E-state index is 12.8. The van der Waals surface area contributed by atoms with Gasteiger partial charge in [-0.3, -0.25) is 4.79 Å². The fourth-order valence-corrected chi connectivity index (χ4v) is 9.28. The summed E-state index contributed by atoms with van der Waals surface area (Å²) in [5, 5.41) is 0. The van der Waals surface area contributed by atoms with Gasteiger partial charge in [0.15, 0.2) is 0 Å². The van der Waals surface area contributed by atoms with Crippen molar-refractivity contribution in [3.63, 3.8) is 0 Å². The summed E-state index contributed by atoms with van der Waals surface area (Å²) >= 11 is 0. The molecule has 2 fully saturated rings. The van der Waals surface area contributed by atoms with Crippen molar-refractivity contribution in [3.05, 3.63) is 22.8 Å². The minimum atomic E-state index is -0.148. The van der Waals surface area contributed by atoms with Gasteiger partial charge >= 0.3 is 0 Å². The monoisotopic (exact) mass is 424 g/mol. The summed E-state index contributed by atoms with van der Waals surface area (Å²) in [5.74, 6) is 2.71. The van der Waals surface area contributed by atoms with Crippen LogP contribution in [0.15, 0.2) is 22.8 Å². The molecule has 0 aromatic carbocycles. The van der Waals surface area contributed by atoms with Crippen molar-refractivity contribution in [2.75, 3.05) is 0 Å². The number of carbonyl (C=O) groups is 1. The van der Waals surface area contributed by atoms with Gasteiger partial charge < -0.3 is 0 Å². The lowest BCUT2D eigenvalue weighted by molar-refractivity contribution is -0.139. The number of ketones is 1. The van der Waals surface area contributed by atoms with Gasteiger partial charge in [-0.25, -0.2) is 0 Å². The first kappa shape index (κ1) is 23.3. The molecule has 0 radical (unpaired) electrons. The van der Waals surface area contributed by atoms with Crippen LogP contribution in [0, 0.1) is 39.4 Å². The summed E-state index contributed by atoms with van der Waals surface area (Å²) in [5.41, 5.74) is 6.04. The first-order chi connectivity index (χ1) is 14.4. The van der Waals surface area contributed by atoms with E-state index in [0.29, 0.717) is 22.5 Å². The molecule has 0 spiro atoms. The highest BCUT2D eigenvalue weighted by Crippen LogP contribution is 2.72. The predicted octanol–water partition coefficient (Wildman–Crippen LogP) is 8.69. The number of hydrogen-bond acceptors (Lipinski definition) is 1. The van der Waals surface area contributed by atoms with Crippen LogP contribution in [0.3, 0.4) is 0 Å². The Labute approximate surface area is 192 Å². The molecular formula is C30H48O. The minimum absolute atomic E-state index is 0.148. The molecule has 0 amide bonds. The van der Waals surface area contributed by atoms with Gasteiger partial charge in [-0.05, 0) is 106 Å². The van der Waals surface area contributed by atoms with Crippen LogP contribution in [0.2, 0.25) is 0 Å². The summed E-state index contributed by atoms with van der Waals surface area (Å²) in [6.07, 6.45) is 14.8. The molecule has 2 saturated carbocycles. The van der Waals surface area contributed by atoms with E-state index in [2.05, 4.69) is 61.5 Å². The highest BCUT2D eigenvalue weighted by molar-refractivity contribution is 5.85. The zero-order valence-electron chi connectivity index (χ0n) is 21.8. The van der Waals surface area contributed by atoms with Gasteiger partial charge in [0.1, 0.15) is 5.78 Å². The highest BCUT2D eigenvalue weighted by Gasteiger charge is 2.63. The third-order valence-electron chi connectivity index (χ3n) is 11.4. The second-order valence-corrected chi connectivity index (χ2v) is 13.3. The fraction of sp³-hybridized carbons (Fsp3) is 0.833. The van der Waals surface area contributed by atoms with Crippen molar-refractivity contribution in [2.24, 2.45) is 39.4 Å². The molecule has 0 unspecified atom stereocenters. The van der Waals surface area contributed by atoms with Crippen LogP contribution in [-0.2, 0) is 4.79 Å². The first-order valence-corrected chi connectivity index (χ1v) is 13.3. The van der Waals surface area contributed by atoms with Crippen LogP contribution in [0.25, 0.3) is 0 Å². The van der Waals surface area contributed by atoms with Crippen LogP contribution in [-0.4, -0.2) is 5.78 Å². The largest absolute Gasteiger partial charge is 0.299 e. The first-order valence-electron chi connectivity index (χ1n) is 13.3. The van der Waals surface area contributed by atoms with E-state index in [0.717, 1.165) is 24.7 Å². The molecule has 4 aliphatic rings. The van der Waals surface area contributed by atoms with Crippen molar-refractivity contribution in [2.45, 2.75) is 120 Å². The summed E-state index contributed by atoms with van der Waals surface area (Å²) in [4.78, 5) is 12.8. The van der Waals surface area contributed by atoms with E-state index in [1.807, 2.05) is 11.1 Å². The summed E-state index contributed by atoms with van der Waals surface area (Å²) in [6, 6.07) is 0. The zero-order valence-corrected chi connectivity index (χ0v) is 21.8. The molecule has 4 aliphatic carbocycles. The summed E-state index contributed by atoms with van der Waals surface area (Å²) in [7, 11) is 0. The number of fused-ring (bicyclic) bond motifs is 4. The van der Waals surface area contributed by atoms with Crippen molar-refractivity contribution in [3.8, 4) is 0 Å². The van der Waals surface area contributed by atoms with E-state index < -0.39 is 0 Å². The number of carbonyl (C=O) groups excluding carboxylic acids is 1. The van der Waals surface area contributed by atoms with Gasteiger partial charge in [-0.1, -0.05) is 64.3 Å². The molecule has 6 atom stereocenters. The Kier molecular flexibility index (Phi) is 5.71. The number of Topliss-reactive ketones (excluding diaryl/α,β-unsaturated/α-hetero) is 1. The van der Waals surface area contributed by atoms with Crippen LogP contribution >= 0.6 is 0 Å². The van der Waals surface area contributed by atoms with E-state index in [1.165, 1.54) is 56.9 Å². The Bertz CT molecular complexity index is 808. The molecular weight excluding hydrogens is 376 g/mol. The van der Waals surface area contributed by atoms with Crippen LogP contribution < -0.4 is 0 Å². The van der Waals surface area contributed by atoms with Crippen LogP contribution in [0.5, 0.6) is 0 Å². The molecule has 0 heterocycles. The molecule has 0 bridgehead atoms. The lowest BCUT2D eigenvalue weighted by Crippen LogP contribution is -2.53. The molecule has 0 aromatic heterocycles. The molecule has 31 heavy (non-hydrogen) atoms. The smallest absolute Gasteiger partial charge is 0.138 e. The van der Waals surface area contributed by atoms with E-state index >= 15 is 0 Å². The molecule has 0 N–H and O–H groups in total. The van der Waals surface area contributed by atoms with Crippen molar-refractivity contribution in [1.82, 2.24) is 0 Å². The van der Waals surface area contributed by atoms with E-state index in [-0.39, 0.29) is 10.8 Å². The fourth-order valence-electron chi connectivity index (χ4n) is 9.28. The molecule has 1 heteroatoms. The van der Waals surface area contributed by atoms with Crippen molar-refractivity contribution < 1.29 is 4.79 Å². The summed E-state index contributed by atoms with van der Waals surface area (Å²) < 4.78 is 0. The third kappa shape index (κ3) is 3.26. The standard InChI is InChI=1S/C30H48O/c1-20(2)10-9-11-21(3)22-14-18-30(8)24-12-13-25-27(4,5)26(31)16-17-28(25,6)23(24)15-19-29(22,30)7/h10,21-22,25H,9,11-19H2,1-8H3/t21-,22-,25+,28-,29+,30-/m1/s1. The Morgan fingerprint density at radius 1 is 0.968 bits per heavy atom. The second kappa shape index (κ2) is 7.59. The Morgan fingerprint density at radius 2 is 1.68 bits per heavy atom. The van der Waals surface area contributed by atoms with E-state index in [1.54, 1.807) is 0 Å². The topological polar surface area (TPSA) is 17.1 Å². The molecule has 4 rings (SSSR count). The number of rotatable bonds is 4. The molecule has 0 aliphatic heterocycles. The molecule has 0 aromatic rings. The Hall–Kier alpha value is -0.850. The van der Waals surface area contributed by atoms with Gasteiger partial charge in [0.2, 0.25) is 0 Å². The lowest BCUT2D eigenvalue weighted by Gasteiger charge is -2.61. The van der Waals surface area contributed by atoms with Gasteiger partial charge in [0.25, 0.3) is 0 Å². The Balaban J connectivity index is 1.66. The Morgan fingerprint density at radius 3 is 2.35 bits per heavy atom. The van der Waals surface area contributed by atoms with Crippen molar-refractivity contribution in [1.29, 1.82) is 0 Å². The normalized spacial score (nSPS) is 42.5. The van der Waals surface area contributed by atoms with Gasteiger partial charge in [0.05, 0.1) is 0 Å². The number of allylic oxidation sites excluding steroid dienone is 4. The quantitative estimate of drug-likeness (QED) is 0.412. The van der Waals surface area contributed by atoms with Crippen molar-refractivity contribution >= 4 is 5.78 Å². The van der Waals surface area contributed by atoms with Crippen LogP contribution in [0.4, 0.5) is 0 Å². The average Bonchev–Trinajstić information content (AvgIpc) is 2.96. The van der Waals surface area contributed by atoms with E-state index in [9.17, 15) is 4.79 Å². The average molecular weight is 425 g/mol. The lowest BCUT2D eigenvalue weighted by atomic mass is 9.43. The molecule has 0 saturated heterocycles. The molecule has 1 nitrogen and oxygen atoms in total. The molecule has 174 valence electrons. The van der Waals surface area contributed by atoms with Gasteiger partial charge in [0, 0.05) is 11.8 Å². The number of hydrogen-bond donors (Lipinski definition) is 0. The predicted molar refractivity (Wildman–Crippen MR) is 132 cm³/mol. The zero-order chi connectivity index (χ0) is 22.8. The highest BCUT2D eigenvalue weighted by atomic mass is 16.1. The second-order valence-electron chi connectivity index (χ2n) is 13.3. The maximum atomic E-state index is 12.8. The van der Waals surface area contributed by atoms with Gasteiger partial charge in [-0.15, -0.1) is 0 Å². The van der Waals surface area contributed by atoms with Gasteiger partial charge in [-0.2, -0.15) is 0 Å². The van der Waals surface area contributed by atoms with Crippen LogP contribution in [0.1, 0.15) is 120 Å². The maximum Gasteiger partial charge on any atom is 0.138 e. The SMILES string of the molecule is CC(C)=CCC[C@@H](C)[C@H]1CC[C@]2(C)C3=C(CC[C@@]12C)[C@@]1(C)CCC(=O)C(C)(C)[C@@H]1CC3. The third-order valence-corrected chi connectivity index (χ3v) is 11.4. The van der Waals surface area contributed by atoms with E-state index in [4.69, 9.17) is 0 Å².